The van der Waals surface area contributed by atoms with E-state index in [4.69, 9.17) is 9.47 Å². The summed E-state index contributed by atoms with van der Waals surface area (Å²) in [5, 5.41) is 12.7. The second kappa shape index (κ2) is 5.72. The second-order valence-electron chi connectivity index (χ2n) is 3.77. The van der Waals surface area contributed by atoms with Gasteiger partial charge in [-0.25, -0.2) is 0 Å². The third kappa shape index (κ3) is 3.12. The number of anilines is 1. The summed E-state index contributed by atoms with van der Waals surface area (Å²) in [5.41, 5.74) is 1.77. The number of nitrogens with one attached hydrogen (secondary N) is 1. The molecular weight excluding hydrogens is 206 g/mol. The monoisotopic (exact) mass is 225 g/mol. The minimum absolute atomic E-state index is 0.0268. The van der Waals surface area contributed by atoms with Crippen LogP contribution in [0.5, 0.6) is 5.75 Å². The predicted octanol–water partition coefficient (Wildman–Crippen LogP) is 2.12. The Labute approximate surface area is 96.2 Å². The lowest BCUT2D eigenvalue weighted by molar-refractivity contribution is -0.109. The van der Waals surface area contributed by atoms with Crippen LogP contribution in [-0.2, 0) is 9.47 Å². The zero-order valence-corrected chi connectivity index (χ0v) is 10.2. The van der Waals surface area contributed by atoms with Crippen molar-refractivity contribution in [2.24, 2.45) is 0 Å². The Kier molecular flexibility index (Phi) is 4.58. The lowest BCUT2D eigenvalue weighted by atomic mass is 10.2. The van der Waals surface area contributed by atoms with Crippen molar-refractivity contribution in [1.82, 2.24) is 0 Å². The first-order chi connectivity index (χ1) is 7.58. The van der Waals surface area contributed by atoms with E-state index in [9.17, 15) is 5.11 Å². The average molecular weight is 225 g/mol. The van der Waals surface area contributed by atoms with Crippen LogP contribution in [-0.4, -0.2) is 31.7 Å². The number of rotatable bonds is 5. The fraction of sp³-hybridized carbons (Fsp3) is 0.500. The number of hydrogen-bond acceptors (Lipinski definition) is 4. The van der Waals surface area contributed by atoms with Crippen molar-refractivity contribution in [2.75, 3.05) is 19.5 Å². The van der Waals surface area contributed by atoms with E-state index in [1.54, 1.807) is 20.3 Å². The number of hydrogen-bond donors (Lipinski definition) is 2. The number of aromatic hydroxyl groups is 1. The van der Waals surface area contributed by atoms with Crippen molar-refractivity contribution in [3.8, 4) is 5.75 Å². The summed E-state index contributed by atoms with van der Waals surface area (Å²) in [6.07, 6.45) is -0.297. The number of phenolic OH excluding ortho intramolecular Hbond substituents is 1. The third-order valence-corrected chi connectivity index (χ3v) is 2.46. The Balaban J connectivity index is 2.69. The molecule has 2 N–H and O–H groups in total. The molecule has 0 amide bonds. The largest absolute Gasteiger partial charge is 0.508 e. The van der Waals surface area contributed by atoms with E-state index in [2.05, 4.69) is 5.32 Å². The molecule has 16 heavy (non-hydrogen) atoms. The Hall–Kier alpha value is -1.26. The van der Waals surface area contributed by atoms with Gasteiger partial charge in [-0.3, -0.25) is 0 Å². The minimum atomic E-state index is -0.297. The van der Waals surface area contributed by atoms with E-state index in [-0.39, 0.29) is 12.3 Å². The van der Waals surface area contributed by atoms with E-state index >= 15 is 0 Å². The molecule has 1 aromatic rings. The lowest BCUT2D eigenvalue weighted by Crippen LogP contribution is -2.33. The first-order valence-electron chi connectivity index (χ1n) is 5.20. The van der Waals surface area contributed by atoms with Gasteiger partial charge in [0, 0.05) is 19.9 Å². The molecule has 1 rings (SSSR count). The van der Waals surface area contributed by atoms with Gasteiger partial charge in [-0.15, -0.1) is 0 Å². The van der Waals surface area contributed by atoms with Crippen molar-refractivity contribution >= 4 is 5.69 Å². The van der Waals surface area contributed by atoms with Crippen molar-refractivity contribution in [3.63, 3.8) is 0 Å². The summed E-state index contributed by atoms with van der Waals surface area (Å²) >= 11 is 0. The van der Waals surface area contributed by atoms with Crippen LogP contribution in [0.1, 0.15) is 12.5 Å². The van der Waals surface area contributed by atoms with Gasteiger partial charge in [0.25, 0.3) is 0 Å². The number of aryl methyl sites for hydroxylation is 1. The van der Waals surface area contributed by atoms with Gasteiger partial charge >= 0.3 is 0 Å². The van der Waals surface area contributed by atoms with Gasteiger partial charge in [-0.2, -0.15) is 0 Å². The van der Waals surface area contributed by atoms with Gasteiger partial charge < -0.3 is 19.9 Å². The van der Waals surface area contributed by atoms with Gasteiger partial charge in [0.15, 0.2) is 6.29 Å². The van der Waals surface area contributed by atoms with Crippen LogP contribution < -0.4 is 5.32 Å². The lowest BCUT2D eigenvalue weighted by Gasteiger charge is -2.23. The van der Waals surface area contributed by atoms with Crippen LogP contribution in [0.25, 0.3) is 0 Å². The van der Waals surface area contributed by atoms with Crippen molar-refractivity contribution in [3.05, 3.63) is 23.8 Å². The zero-order chi connectivity index (χ0) is 12.1. The molecule has 1 aromatic carbocycles. The second-order valence-corrected chi connectivity index (χ2v) is 3.77. The molecule has 4 heteroatoms. The highest BCUT2D eigenvalue weighted by Gasteiger charge is 2.15. The Bertz CT molecular complexity index is 337. The molecule has 4 nitrogen and oxygen atoms in total. The number of phenols is 1. The van der Waals surface area contributed by atoms with Crippen LogP contribution in [0.2, 0.25) is 0 Å². The molecule has 0 saturated carbocycles. The molecule has 0 bridgehead atoms. The first kappa shape index (κ1) is 12.8. The summed E-state index contributed by atoms with van der Waals surface area (Å²) in [5.74, 6) is 0.299. The summed E-state index contributed by atoms with van der Waals surface area (Å²) in [6.45, 7) is 3.83. The number of methoxy groups -OCH3 is 2. The van der Waals surface area contributed by atoms with Crippen LogP contribution in [0.15, 0.2) is 18.2 Å². The quantitative estimate of drug-likeness (QED) is 0.595. The van der Waals surface area contributed by atoms with Gasteiger partial charge in [-0.05, 0) is 37.6 Å². The standard InChI is InChI=1S/C12H19NO3/c1-8-7-10(5-6-11(8)14)13-9(2)12(15-3)16-4/h5-7,9,12-14H,1-4H3. The zero-order valence-electron chi connectivity index (χ0n) is 10.2. The summed E-state index contributed by atoms with van der Waals surface area (Å²) in [7, 11) is 3.21. The molecule has 90 valence electrons. The molecule has 0 aliphatic rings. The molecule has 0 spiro atoms. The summed E-state index contributed by atoms with van der Waals surface area (Å²) in [4.78, 5) is 0. The molecule has 0 saturated heterocycles. The van der Waals surface area contributed by atoms with E-state index in [1.165, 1.54) is 0 Å². The maximum atomic E-state index is 9.40. The molecule has 0 aromatic heterocycles. The average Bonchev–Trinajstić information content (AvgIpc) is 2.25. The van der Waals surface area contributed by atoms with Gasteiger partial charge in [0.1, 0.15) is 5.75 Å². The van der Waals surface area contributed by atoms with Crippen molar-refractivity contribution in [2.45, 2.75) is 26.2 Å². The van der Waals surface area contributed by atoms with Crippen LogP contribution in [0.3, 0.4) is 0 Å². The molecule has 0 aliphatic carbocycles. The van der Waals surface area contributed by atoms with Gasteiger partial charge in [0.2, 0.25) is 0 Å². The number of benzene rings is 1. The third-order valence-electron chi connectivity index (χ3n) is 2.46. The van der Waals surface area contributed by atoms with Crippen molar-refractivity contribution in [1.29, 1.82) is 0 Å². The molecule has 1 unspecified atom stereocenters. The number of ether oxygens (including phenoxy) is 2. The maximum Gasteiger partial charge on any atom is 0.176 e. The smallest absolute Gasteiger partial charge is 0.176 e. The molecule has 0 aliphatic heterocycles. The van der Waals surface area contributed by atoms with E-state index in [0.717, 1.165) is 11.3 Å². The van der Waals surface area contributed by atoms with E-state index in [1.807, 2.05) is 26.0 Å². The van der Waals surface area contributed by atoms with Gasteiger partial charge in [-0.1, -0.05) is 0 Å². The summed E-state index contributed by atoms with van der Waals surface area (Å²) in [6, 6.07) is 5.40. The van der Waals surface area contributed by atoms with Crippen molar-refractivity contribution < 1.29 is 14.6 Å². The fourth-order valence-electron chi connectivity index (χ4n) is 1.58. The van der Waals surface area contributed by atoms with Crippen LogP contribution >= 0.6 is 0 Å². The molecular formula is C12H19NO3. The molecule has 0 fully saturated rings. The first-order valence-corrected chi connectivity index (χ1v) is 5.20. The van der Waals surface area contributed by atoms with E-state index < -0.39 is 0 Å². The highest BCUT2D eigenvalue weighted by Crippen LogP contribution is 2.21. The highest BCUT2D eigenvalue weighted by atomic mass is 16.7. The molecule has 0 heterocycles. The highest BCUT2D eigenvalue weighted by molar-refractivity contribution is 5.50. The Morgan fingerprint density at radius 3 is 2.38 bits per heavy atom. The minimum Gasteiger partial charge on any atom is -0.508 e. The SMILES string of the molecule is COC(OC)C(C)Nc1ccc(O)c(C)c1. The predicted molar refractivity (Wildman–Crippen MR) is 63.7 cm³/mol. The topological polar surface area (TPSA) is 50.7 Å². The fourth-order valence-corrected chi connectivity index (χ4v) is 1.58. The Morgan fingerprint density at radius 2 is 1.88 bits per heavy atom. The summed E-state index contributed by atoms with van der Waals surface area (Å²) < 4.78 is 10.3. The van der Waals surface area contributed by atoms with Crippen LogP contribution in [0.4, 0.5) is 5.69 Å². The maximum absolute atomic E-state index is 9.40. The molecule has 1 atom stereocenters. The Morgan fingerprint density at radius 1 is 1.25 bits per heavy atom. The van der Waals surface area contributed by atoms with Gasteiger partial charge in [0.05, 0.1) is 6.04 Å². The normalized spacial score (nSPS) is 12.8. The van der Waals surface area contributed by atoms with Crippen LogP contribution in [0, 0.1) is 6.92 Å². The van der Waals surface area contributed by atoms with E-state index in [0.29, 0.717) is 5.75 Å². The molecule has 0 radical (unpaired) electrons.